The van der Waals surface area contributed by atoms with Gasteiger partial charge in [-0.1, -0.05) is 0 Å². The Kier molecular flexibility index (Phi) is 6.40. The molecule has 3 heterocycles. The molecule has 0 atom stereocenters. The third kappa shape index (κ3) is 4.68. The summed E-state index contributed by atoms with van der Waals surface area (Å²) in [7, 11) is 0. The molecule has 1 amide bonds. The molecule has 1 aromatic carbocycles. The van der Waals surface area contributed by atoms with Crippen molar-refractivity contribution in [2.45, 2.75) is 38.6 Å². The van der Waals surface area contributed by atoms with Crippen LogP contribution >= 0.6 is 0 Å². The first-order chi connectivity index (χ1) is 14.6. The predicted octanol–water partition coefficient (Wildman–Crippen LogP) is 3.28. The van der Waals surface area contributed by atoms with Gasteiger partial charge < -0.3 is 15.1 Å². The SMILES string of the molecule is O=C(NCc1cc(F)ccc1F)C1CCN(c2cncnc2N2CCCCC2)CC1. The van der Waals surface area contributed by atoms with E-state index >= 15 is 0 Å². The number of carbonyl (C=O) groups is 1. The summed E-state index contributed by atoms with van der Waals surface area (Å²) in [5, 5.41) is 2.76. The number of amides is 1. The van der Waals surface area contributed by atoms with Crippen molar-refractivity contribution in [3.8, 4) is 0 Å². The van der Waals surface area contributed by atoms with Gasteiger partial charge in [-0.25, -0.2) is 18.7 Å². The summed E-state index contributed by atoms with van der Waals surface area (Å²) < 4.78 is 27.1. The normalized spacial score (nSPS) is 17.8. The lowest BCUT2D eigenvalue weighted by atomic mass is 9.95. The van der Waals surface area contributed by atoms with Gasteiger partial charge in [0.25, 0.3) is 0 Å². The maximum absolute atomic E-state index is 13.8. The quantitative estimate of drug-likeness (QED) is 0.812. The largest absolute Gasteiger partial charge is 0.367 e. The number of aromatic nitrogens is 2. The highest BCUT2D eigenvalue weighted by atomic mass is 19.1. The lowest BCUT2D eigenvalue weighted by Gasteiger charge is -2.36. The van der Waals surface area contributed by atoms with Gasteiger partial charge in [0.15, 0.2) is 5.82 Å². The molecule has 2 fully saturated rings. The van der Waals surface area contributed by atoms with E-state index in [0.717, 1.165) is 55.9 Å². The van der Waals surface area contributed by atoms with Gasteiger partial charge in [0.1, 0.15) is 18.0 Å². The summed E-state index contributed by atoms with van der Waals surface area (Å²) in [6.45, 7) is 3.49. The zero-order chi connectivity index (χ0) is 20.9. The monoisotopic (exact) mass is 415 g/mol. The fraction of sp³-hybridized carbons (Fsp3) is 0.500. The van der Waals surface area contributed by atoms with E-state index in [2.05, 4.69) is 25.1 Å². The second-order valence-corrected chi connectivity index (χ2v) is 7.99. The van der Waals surface area contributed by atoms with Crippen LogP contribution in [0.1, 0.15) is 37.7 Å². The fourth-order valence-electron chi connectivity index (χ4n) is 4.28. The van der Waals surface area contributed by atoms with Crippen LogP contribution in [0.5, 0.6) is 0 Å². The molecule has 2 aliphatic rings. The van der Waals surface area contributed by atoms with Crippen molar-refractivity contribution in [1.82, 2.24) is 15.3 Å². The summed E-state index contributed by atoms with van der Waals surface area (Å²) in [5.41, 5.74) is 1.19. The van der Waals surface area contributed by atoms with Gasteiger partial charge in [-0.2, -0.15) is 0 Å². The van der Waals surface area contributed by atoms with Crippen LogP contribution in [0, 0.1) is 17.6 Å². The summed E-state index contributed by atoms with van der Waals surface area (Å²) >= 11 is 0. The average Bonchev–Trinajstić information content (AvgIpc) is 2.80. The first-order valence-corrected chi connectivity index (χ1v) is 10.6. The highest BCUT2D eigenvalue weighted by Crippen LogP contribution is 2.31. The average molecular weight is 415 g/mol. The summed E-state index contributed by atoms with van der Waals surface area (Å²) in [6, 6.07) is 3.27. The first-order valence-electron chi connectivity index (χ1n) is 10.6. The van der Waals surface area contributed by atoms with E-state index in [0.29, 0.717) is 12.8 Å². The van der Waals surface area contributed by atoms with Crippen molar-refractivity contribution in [1.29, 1.82) is 0 Å². The van der Waals surface area contributed by atoms with Crippen LogP contribution < -0.4 is 15.1 Å². The number of anilines is 2. The van der Waals surface area contributed by atoms with Crippen LogP contribution in [-0.2, 0) is 11.3 Å². The summed E-state index contributed by atoms with van der Waals surface area (Å²) in [5.74, 6) is -0.293. The van der Waals surface area contributed by atoms with Crippen molar-refractivity contribution >= 4 is 17.4 Å². The summed E-state index contributed by atoms with van der Waals surface area (Å²) in [4.78, 5) is 25.9. The Morgan fingerprint density at radius 1 is 1.07 bits per heavy atom. The van der Waals surface area contributed by atoms with Gasteiger partial charge in [0, 0.05) is 44.2 Å². The third-order valence-electron chi connectivity index (χ3n) is 6.00. The van der Waals surface area contributed by atoms with Crippen LogP contribution in [0.15, 0.2) is 30.7 Å². The lowest BCUT2D eigenvalue weighted by Crippen LogP contribution is -2.41. The minimum Gasteiger partial charge on any atom is -0.367 e. The Morgan fingerprint density at radius 2 is 1.83 bits per heavy atom. The smallest absolute Gasteiger partial charge is 0.223 e. The van der Waals surface area contributed by atoms with E-state index in [1.165, 1.54) is 19.3 Å². The van der Waals surface area contributed by atoms with Gasteiger partial charge in [0.2, 0.25) is 5.91 Å². The van der Waals surface area contributed by atoms with Crippen LogP contribution in [0.4, 0.5) is 20.3 Å². The van der Waals surface area contributed by atoms with Crippen LogP contribution in [-0.4, -0.2) is 42.1 Å². The Labute approximate surface area is 175 Å². The van der Waals surface area contributed by atoms with Crippen LogP contribution in [0.25, 0.3) is 0 Å². The number of nitrogens with one attached hydrogen (secondary N) is 1. The molecule has 0 radical (unpaired) electrons. The molecular weight excluding hydrogens is 388 g/mol. The number of rotatable bonds is 5. The molecule has 0 unspecified atom stereocenters. The molecule has 2 aromatic rings. The zero-order valence-electron chi connectivity index (χ0n) is 17.0. The van der Waals surface area contributed by atoms with E-state index in [9.17, 15) is 13.6 Å². The number of carbonyl (C=O) groups excluding carboxylic acids is 1. The number of nitrogens with zero attached hydrogens (tertiary/aromatic N) is 4. The van der Waals surface area contributed by atoms with E-state index in [1.807, 2.05) is 6.20 Å². The molecule has 2 saturated heterocycles. The van der Waals surface area contributed by atoms with Crippen molar-refractivity contribution in [3.63, 3.8) is 0 Å². The molecule has 30 heavy (non-hydrogen) atoms. The molecule has 8 heteroatoms. The van der Waals surface area contributed by atoms with E-state index in [1.54, 1.807) is 6.33 Å². The number of halogens is 2. The van der Waals surface area contributed by atoms with Gasteiger partial charge >= 0.3 is 0 Å². The van der Waals surface area contributed by atoms with Gasteiger partial charge in [-0.15, -0.1) is 0 Å². The van der Waals surface area contributed by atoms with Crippen molar-refractivity contribution < 1.29 is 13.6 Å². The van der Waals surface area contributed by atoms with Crippen molar-refractivity contribution in [2.24, 2.45) is 5.92 Å². The van der Waals surface area contributed by atoms with Crippen LogP contribution in [0.3, 0.4) is 0 Å². The lowest BCUT2D eigenvalue weighted by molar-refractivity contribution is -0.125. The molecule has 2 aliphatic heterocycles. The highest BCUT2D eigenvalue weighted by Gasteiger charge is 2.28. The number of benzene rings is 1. The molecule has 0 spiro atoms. The Hall–Kier alpha value is -2.77. The fourth-order valence-corrected chi connectivity index (χ4v) is 4.28. The van der Waals surface area contributed by atoms with E-state index in [-0.39, 0.29) is 23.9 Å². The molecule has 6 nitrogen and oxygen atoms in total. The third-order valence-corrected chi connectivity index (χ3v) is 6.00. The molecule has 4 rings (SSSR count). The van der Waals surface area contributed by atoms with Crippen LogP contribution in [0.2, 0.25) is 0 Å². The molecule has 1 N–H and O–H groups in total. The van der Waals surface area contributed by atoms with Crippen molar-refractivity contribution in [2.75, 3.05) is 36.0 Å². The molecule has 0 saturated carbocycles. The molecule has 1 aromatic heterocycles. The van der Waals surface area contributed by atoms with Gasteiger partial charge in [-0.3, -0.25) is 4.79 Å². The maximum Gasteiger partial charge on any atom is 0.223 e. The zero-order valence-corrected chi connectivity index (χ0v) is 17.0. The van der Waals surface area contributed by atoms with E-state index < -0.39 is 11.6 Å². The second kappa shape index (κ2) is 9.36. The molecule has 0 bridgehead atoms. The number of hydrogen-bond donors (Lipinski definition) is 1. The van der Waals surface area contributed by atoms with E-state index in [4.69, 9.17) is 0 Å². The summed E-state index contributed by atoms with van der Waals surface area (Å²) in [6.07, 6.45) is 8.48. The Morgan fingerprint density at radius 3 is 2.60 bits per heavy atom. The van der Waals surface area contributed by atoms with Gasteiger partial charge in [-0.05, 0) is 50.3 Å². The standard InChI is InChI=1S/C22H27F2N5O/c23-18-4-5-19(24)17(12-18)13-26-22(30)16-6-10-28(11-7-16)20-14-25-15-27-21(20)29-8-2-1-3-9-29/h4-5,12,14-16H,1-3,6-11,13H2,(H,26,30). The highest BCUT2D eigenvalue weighted by molar-refractivity contribution is 5.79. The number of piperidine rings is 2. The van der Waals surface area contributed by atoms with Gasteiger partial charge in [0.05, 0.1) is 11.9 Å². The second-order valence-electron chi connectivity index (χ2n) is 7.99. The topological polar surface area (TPSA) is 61.4 Å². The van der Waals surface area contributed by atoms with Crippen molar-refractivity contribution in [3.05, 3.63) is 47.9 Å². The Bertz CT molecular complexity index is 880. The number of hydrogen-bond acceptors (Lipinski definition) is 5. The minimum absolute atomic E-state index is 0.00568. The molecule has 0 aliphatic carbocycles. The first kappa shape index (κ1) is 20.5. The molecule has 160 valence electrons. The minimum atomic E-state index is -0.513. The molecular formula is C22H27F2N5O. The maximum atomic E-state index is 13.8. The Balaban J connectivity index is 1.34. The predicted molar refractivity (Wildman–Crippen MR) is 111 cm³/mol.